The van der Waals surface area contributed by atoms with E-state index in [1.54, 1.807) is 12.4 Å². The number of rotatable bonds is 2. The summed E-state index contributed by atoms with van der Waals surface area (Å²) >= 11 is 5.64. The highest BCUT2D eigenvalue weighted by atomic mass is 35.5. The molecule has 1 fully saturated rings. The number of nitrogens with zero attached hydrogens (tertiary/aromatic N) is 3. The number of halogens is 2. The molecule has 0 amide bonds. The number of hydrogen-bond acceptors (Lipinski definition) is 3. The van der Waals surface area contributed by atoms with E-state index in [1.807, 2.05) is 0 Å². The Morgan fingerprint density at radius 2 is 2.07 bits per heavy atom. The van der Waals surface area contributed by atoms with Crippen molar-refractivity contribution >= 4 is 11.6 Å². The van der Waals surface area contributed by atoms with Gasteiger partial charge >= 0.3 is 0 Å². The minimum atomic E-state index is -0.627. The Morgan fingerprint density at radius 3 is 2.67 bits per heavy atom. The molecule has 0 atom stereocenters. The predicted octanol–water partition coefficient (Wildman–Crippen LogP) is 2.06. The second-order valence-corrected chi connectivity index (χ2v) is 4.17. The lowest BCUT2D eigenvalue weighted by molar-refractivity contribution is 0.144. The van der Waals surface area contributed by atoms with Gasteiger partial charge in [-0.2, -0.15) is 0 Å². The fourth-order valence-electron chi connectivity index (χ4n) is 1.71. The molecule has 1 saturated heterocycles. The van der Waals surface area contributed by atoms with E-state index < -0.39 is 6.17 Å². The van der Waals surface area contributed by atoms with Crippen LogP contribution in [0.1, 0.15) is 18.5 Å². The van der Waals surface area contributed by atoms with Gasteiger partial charge in [0.05, 0.1) is 18.1 Å². The number of hydrogen-bond donors (Lipinski definition) is 0. The van der Waals surface area contributed by atoms with Gasteiger partial charge in [0.2, 0.25) is 0 Å². The maximum absolute atomic E-state index is 12.9. The summed E-state index contributed by atoms with van der Waals surface area (Å²) in [5, 5.41) is 0.404. The van der Waals surface area contributed by atoms with Crippen molar-refractivity contribution in [1.29, 1.82) is 0 Å². The number of aromatic nitrogens is 2. The Labute approximate surface area is 93.3 Å². The third-order valence-electron chi connectivity index (χ3n) is 2.58. The first-order chi connectivity index (χ1) is 7.24. The van der Waals surface area contributed by atoms with Crippen LogP contribution in [0.3, 0.4) is 0 Å². The zero-order valence-corrected chi connectivity index (χ0v) is 9.12. The maximum Gasteiger partial charge on any atom is 0.147 e. The zero-order chi connectivity index (χ0) is 10.7. The molecular formula is C10H13ClFN3. The van der Waals surface area contributed by atoms with Crippen LogP contribution in [0.2, 0.25) is 5.15 Å². The Morgan fingerprint density at radius 1 is 1.33 bits per heavy atom. The first-order valence-electron chi connectivity index (χ1n) is 5.07. The van der Waals surface area contributed by atoms with E-state index in [1.165, 1.54) is 0 Å². The number of alkyl halides is 1. The molecule has 0 bridgehead atoms. The molecule has 5 heteroatoms. The summed E-state index contributed by atoms with van der Waals surface area (Å²) in [6, 6.07) is 0. The molecule has 2 rings (SSSR count). The molecule has 0 unspecified atom stereocenters. The summed E-state index contributed by atoms with van der Waals surface area (Å²) < 4.78 is 12.9. The van der Waals surface area contributed by atoms with Gasteiger partial charge in [-0.25, -0.2) is 9.37 Å². The standard InChI is InChI=1S/C10H13ClFN3/c11-10-6-13-9(5-14-10)7-15-3-1-8(12)2-4-15/h5-6,8H,1-4,7H2. The summed E-state index contributed by atoms with van der Waals surface area (Å²) in [6.07, 6.45) is 3.84. The SMILES string of the molecule is FC1CCN(Cc2cnc(Cl)cn2)CC1. The van der Waals surface area contributed by atoms with E-state index in [0.29, 0.717) is 18.0 Å². The summed E-state index contributed by atoms with van der Waals surface area (Å²) in [4.78, 5) is 10.3. The lowest BCUT2D eigenvalue weighted by Gasteiger charge is -2.27. The van der Waals surface area contributed by atoms with Gasteiger partial charge in [0.15, 0.2) is 0 Å². The van der Waals surface area contributed by atoms with Crippen LogP contribution in [0, 0.1) is 0 Å². The maximum atomic E-state index is 12.9. The second-order valence-electron chi connectivity index (χ2n) is 3.78. The molecule has 1 aliphatic rings. The summed E-state index contributed by atoms with van der Waals surface area (Å²) in [6.45, 7) is 2.33. The molecule has 1 aromatic rings. The Balaban J connectivity index is 1.89. The van der Waals surface area contributed by atoms with Crippen LogP contribution >= 0.6 is 11.6 Å². The average molecular weight is 230 g/mol. The Hall–Kier alpha value is -0.740. The van der Waals surface area contributed by atoms with Crippen LogP contribution in [0.4, 0.5) is 4.39 Å². The van der Waals surface area contributed by atoms with Gasteiger partial charge in [0, 0.05) is 19.6 Å². The minimum Gasteiger partial charge on any atom is -0.297 e. The van der Waals surface area contributed by atoms with Crippen molar-refractivity contribution in [2.24, 2.45) is 0 Å². The monoisotopic (exact) mass is 229 g/mol. The molecule has 0 spiro atoms. The fourth-order valence-corrected chi connectivity index (χ4v) is 1.81. The smallest absolute Gasteiger partial charge is 0.147 e. The van der Waals surface area contributed by atoms with Crippen LogP contribution in [-0.4, -0.2) is 34.1 Å². The fraction of sp³-hybridized carbons (Fsp3) is 0.600. The molecule has 1 aliphatic heterocycles. The van der Waals surface area contributed by atoms with Gasteiger partial charge in [-0.15, -0.1) is 0 Å². The van der Waals surface area contributed by atoms with Crippen LogP contribution < -0.4 is 0 Å². The van der Waals surface area contributed by atoms with Crippen LogP contribution in [-0.2, 0) is 6.54 Å². The Bertz CT molecular complexity index is 309. The molecule has 0 radical (unpaired) electrons. The van der Waals surface area contributed by atoms with Crippen molar-refractivity contribution in [2.75, 3.05) is 13.1 Å². The van der Waals surface area contributed by atoms with Gasteiger partial charge in [0.1, 0.15) is 11.3 Å². The van der Waals surface area contributed by atoms with Crippen molar-refractivity contribution < 1.29 is 4.39 Å². The molecule has 0 saturated carbocycles. The van der Waals surface area contributed by atoms with Gasteiger partial charge in [-0.05, 0) is 12.8 Å². The van der Waals surface area contributed by atoms with Crippen molar-refractivity contribution in [1.82, 2.24) is 14.9 Å². The van der Waals surface area contributed by atoms with Crippen molar-refractivity contribution in [2.45, 2.75) is 25.6 Å². The zero-order valence-electron chi connectivity index (χ0n) is 8.37. The molecule has 3 nitrogen and oxygen atoms in total. The minimum absolute atomic E-state index is 0.404. The molecule has 2 heterocycles. The number of piperidine rings is 1. The lowest BCUT2D eigenvalue weighted by Crippen LogP contribution is -2.34. The van der Waals surface area contributed by atoms with Gasteiger partial charge in [0.25, 0.3) is 0 Å². The summed E-state index contributed by atoms with van der Waals surface area (Å²) in [5.74, 6) is 0. The quantitative estimate of drug-likeness (QED) is 0.778. The van der Waals surface area contributed by atoms with Crippen molar-refractivity contribution in [3.63, 3.8) is 0 Å². The van der Waals surface area contributed by atoms with Crippen molar-refractivity contribution in [3.05, 3.63) is 23.2 Å². The first kappa shape index (κ1) is 10.8. The van der Waals surface area contributed by atoms with Gasteiger partial charge in [-0.3, -0.25) is 9.88 Å². The molecule has 0 N–H and O–H groups in total. The van der Waals surface area contributed by atoms with Gasteiger partial charge < -0.3 is 0 Å². The van der Waals surface area contributed by atoms with E-state index in [4.69, 9.17) is 11.6 Å². The lowest BCUT2D eigenvalue weighted by atomic mass is 10.1. The summed E-state index contributed by atoms with van der Waals surface area (Å²) in [7, 11) is 0. The molecule has 15 heavy (non-hydrogen) atoms. The predicted molar refractivity (Wildman–Crippen MR) is 56.4 cm³/mol. The van der Waals surface area contributed by atoms with Crippen LogP contribution in [0.25, 0.3) is 0 Å². The van der Waals surface area contributed by atoms with E-state index in [9.17, 15) is 4.39 Å². The van der Waals surface area contributed by atoms with E-state index >= 15 is 0 Å². The molecule has 82 valence electrons. The molecule has 0 aliphatic carbocycles. The largest absolute Gasteiger partial charge is 0.297 e. The van der Waals surface area contributed by atoms with E-state index in [0.717, 1.165) is 25.3 Å². The highest BCUT2D eigenvalue weighted by Gasteiger charge is 2.18. The van der Waals surface area contributed by atoms with E-state index in [2.05, 4.69) is 14.9 Å². The molecule has 0 aromatic carbocycles. The third kappa shape index (κ3) is 3.11. The second kappa shape index (κ2) is 4.86. The first-order valence-corrected chi connectivity index (χ1v) is 5.44. The third-order valence-corrected chi connectivity index (χ3v) is 2.77. The van der Waals surface area contributed by atoms with Crippen LogP contribution in [0.15, 0.2) is 12.4 Å². The highest BCUT2D eigenvalue weighted by Crippen LogP contribution is 2.15. The molecular weight excluding hydrogens is 217 g/mol. The summed E-state index contributed by atoms with van der Waals surface area (Å²) in [5.41, 5.74) is 0.886. The average Bonchev–Trinajstić information content (AvgIpc) is 2.25. The topological polar surface area (TPSA) is 29.0 Å². The van der Waals surface area contributed by atoms with E-state index in [-0.39, 0.29) is 0 Å². The Kier molecular flexibility index (Phi) is 3.49. The van der Waals surface area contributed by atoms with Gasteiger partial charge in [-0.1, -0.05) is 11.6 Å². The van der Waals surface area contributed by atoms with Crippen LogP contribution in [0.5, 0.6) is 0 Å². The molecule has 1 aromatic heterocycles. The normalized spacial score (nSPS) is 19.3. The number of likely N-dealkylation sites (tertiary alicyclic amines) is 1. The highest BCUT2D eigenvalue weighted by molar-refractivity contribution is 6.29. The van der Waals surface area contributed by atoms with Crippen molar-refractivity contribution in [3.8, 4) is 0 Å².